The molecule has 1 fully saturated rings. The first-order valence-corrected chi connectivity index (χ1v) is 6.40. The lowest BCUT2D eigenvalue weighted by Gasteiger charge is -2.18. The van der Waals surface area contributed by atoms with Crippen LogP contribution < -0.4 is 0 Å². The van der Waals surface area contributed by atoms with Crippen molar-refractivity contribution in [1.82, 2.24) is 4.98 Å². The third kappa shape index (κ3) is 1.95. The Morgan fingerprint density at radius 1 is 1.42 bits per heavy atom. The quantitative estimate of drug-likeness (QED) is 0.718. The van der Waals surface area contributed by atoms with Gasteiger partial charge in [0.15, 0.2) is 0 Å². The zero-order chi connectivity index (χ0) is 8.39. The Balaban J connectivity index is 2.08. The Morgan fingerprint density at radius 2 is 2.17 bits per heavy atom. The van der Waals surface area contributed by atoms with Crippen LogP contribution in [0.3, 0.4) is 0 Å². The number of thioether (sulfide) groups is 1. The van der Waals surface area contributed by atoms with Crippen molar-refractivity contribution in [3.63, 3.8) is 0 Å². The van der Waals surface area contributed by atoms with Crippen molar-refractivity contribution >= 4 is 34.7 Å². The maximum atomic E-state index is 5.83. The van der Waals surface area contributed by atoms with E-state index < -0.39 is 0 Å². The highest BCUT2D eigenvalue weighted by Crippen LogP contribution is 2.34. The van der Waals surface area contributed by atoms with Gasteiger partial charge >= 0.3 is 0 Å². The smallest absolute Gasteiger partial charge is 0.113 e. The van der Waals surface area contributed by atoms with Crippen LogP contribution in [0.2, 0.25) is 4.34 Å². The number of nitrogens with zero attached hydrogens (tertiary/aromatic N) is 1. The van der Waals surface area contributed by atoms with E-state index in [-0.39, 0.29) is 0 Å². The van der Waals surface area contributed by atoms with Crippen molar-refractivity contribution < 1.29 is 0 Å². The average Bonchev–Trinajstić information content (AvgIpc) is 2.54. The summed E-state index contributed by atoms with van der Waals surface area (Å²) < 4.78 is 0.822. The molecule has 0 radical (unpaired) electrons. The van der Waals surface area contributed by atoms with Crippen LogP contribution in [-0.4, -0.2) is 16.5 Å². The van der Waals surface area contributed by atoms with Crippen molar-refractivity contribution in [2.45, 2.75) is 18.8 Å². The summed E-state index contributed by atoms with van der Waals surface area (Å²) in [6.07, 6.45) is 4.31. The van der Waals surface area contributed by atoms with Crippen molar-refractivity contribution in [2.24, 2.45) is 0 Å². The van der Waals surface area contributed by atoms with Crippen molar-refractivity contribution in [2.75, 3.05) is 11.5 Å². The van der Waals surface area contributed by atoms with E-state index in [1.54, 1.807) is 17.5 Å². The van der Waals surface area contributed by atoms with Gasteiger partial charge in [-0.3, -0.25) is 0 Å². The van der Waals surface area contributed by atoms with Crippen LogP contribution in [0.1, 0.15) is 23.8 Å². The normalized spacial score (nSPS) is 19.8. The van der Waals surface area contributed by atoms with E-state index in [0.717, 1.165) is 4.34 Å². The Kier molecular flexibility index (Phi) is 2.94. The summed E-state index contributed by atoms with van der Waals surface area (Å²) in [5.41, 5.74) is 0. The SMILES string of the molecule is Clc1cnc(C2CCSCC2)s1. The molecular formula is C8H10ClNS2. The molecule has 2 rings (SSSR count). The highest BCUT2D eigenvalue weighted by molar-refractivity contribution is 7.99. The molecule has 2 heterocycles. The molecule has 1 nitrogen and oxygen atoms in total. The topological polar surface area (TPSA) is 12.9 Å². The van der Waals surface area contributed by atoms with Gasteiger partial charge in [0.25, 0.3) is 0 Å². The molecule has 1 aromatic rings. The molecule has 0 bridgehead atoms. The molecular weight excluding hydrogens is 210 g/mol. The molecule has 1 saturated heterocycles. The van der Waals surface area contributed by atoms with E-state index in [2.05, 4.69) is 4.98 Å². The molecule has 0 unspecified atom stereocenters. The molecule has 66 valence electrons. The number of halogens is 1. The second-order valence-electron chi connectivity index (χ2n) is 2.89. The minimum atomic E-state index is 0.684. The Morgan fingerprint density at radius 3 is 2.75 bits per heavy atom. The second kappa shape index (κ2) is 3.99. The summed E-state index contributed by atoms with van der Waals surface area (Å²) in [5.74, 6) is 3.24. The molecule has 1 aliphatic heterocycles. The van der Waals surface area contributed by atoms with E-state index >= 15 is 0 Å². The number of hydrogen-bond acceptors (Lipinski definition) is 3. The van der Waals surface area contributed by atoms with Crippen LogP contribution >= 0.6 is 34.7 Å². The summed E-state index contributed by atoms with van der Waals surface area (Å²) in [4.78, 5) is 4.32. The monoisotopic (exact) mass is 219 g/mol. The van der Waals surface area contributed by atoms with Gasteiger partial charge in [-0.2, -0.15) is 11.8 Å². The van der Waals surface area contributed by atoms with E-state index in [4.69, 9.17) is 11.6 Å². The standard InChI is InChI=1S/C8H10ClNS2/c9-7-5-10-8(12-7)6-1-3-11-4-2-6/h5-6H,1-4H2. The third-order valence-corrected chi connectivity index (χ3v) is 4.39. The number of aromatic nitrogens is 1. The van der Waals surface area contributed by atoms with Gasteiger partial charge in [-0.25, -0.2) is 4.98 Å². The number of hydrogen-bond donors (Lipinski definition) is 0. The summed E-state index contributed by atoms with van der Waals surface area (Å²) >= 11 is 9.51. The van der Waals surface area contributed by atoms with E-state index in [0.29, 0.717) is 5.92 Å². The van der Waals surface area contributed by atoms with Crippen LogP contribution in [-0.2, 0) is 0 Å². The first kappa shape index (κ1) is 8.85. The van der Waals surface area contributed by atoms with E-state index in [1.807, 2.05) is 11.8 Å². The van der Waals surface area contributed by atoms with Gasteiger partial charge in [-0.15, -0.1) is 11.3 Å². The van der Waals surface area contributed by atoms with Crippen LogP contribution in [0.25, 0.3) is 0 Å². The first-order valence-electron chi connectivity index (χ1n) is 4.05. The molecule has 0 aromatic carbocycles. The molecule has 1 aliphatic rings. The third-order valence-electron chi connectivity index (χ3n) is 2.07. The number of thiazole rings is 1. The lowest BCUT2D eigenvalue weighted by Crippen LogP contribution is -2.06. The molecule has 0 spiro atoms. The molecule has 4 heteroatoms. The van der Waals surface area contributed by atoms with Crippen LogP contribution in [0, 0.1) is 0 Å². The minimum absolute atomic E-state index is 0.684. The van der Waals surface area contributed by atoms with Crippen molar-refractivity contribution in [1.29, 1.82) is 0 Å². The molecule has 0 amide bonds. The summed E-state index contributed by atoms with van der Waals surface area (Å²) in [6.45, 7) is 0. The zero-order valence-electron chi connectivity index (χ0n) is 6.62. The predicted octanol–water partition coefficient (Wildman–Crippen LogP) is 3.41. The number of rotatable bonds is 1. The fraction of sp³-hybridized carbons (Fsp3) is 0.625. The van der Waals surface area contributed by atoms with Gasteiger partial charge in [0, 0.05) is 5.92 Å². The molecule has 0 aliphatic carbocycles. The predicted molar refractivity (Wildman–Crippen MR) is 56.4 cm³/mol. The zero-order valence-corrected chi connectivity index (χ0v) is 9.01. The lowest BCUT2D eigenvalue weighted by atomic mass is 10.0. The van der Waals surface area contributed by atoms with Gasteiger partial charge in [0.05, 0.1) is 11.2 Å². The highest BCUT2D eigenvalue weighted by atomic mass is 35.5. The van der Waals surface area contributed by atoms with Gasteiger partial charge < -0.3 is 0 Å². The molecule has 1 aromatic heterocycles. The van der Waals surface area contributed by atoms with Crippen LogP contribution in [0.15, 0.2) is 6.20 Å². The Bertz CT molecular complexity index is 255. The first-order chi connectivity index (χ1) is 5.86. The summed E-state index contributed by atoms with van der Waals surface area (Å²) in [5, 5.41) is 1.24. The lowest BCUT2D eigenvalue weighted by molar-refractivity contribution is 0.633. The van der Waals surface area contributed by atoms with Gasteiger partial charge in [0.2, 0.25) is 0 Å². The fourth-order valence-electron chi connectivity index (χ4n) is 1.40. The Hall–Kier alpha value is 0.270. The fourth-order valence-corrected chi connectivity index (χ4v) is 3.61. The largest absolute Gasteiger partial charge is 0.248 e. The van der Waals surface area contributed by atoms with Crippen LogP contribution in [0.4, 0.5) is 0 Å². The minimum Gasteiger partial charge on any atom is -0.248 e. The van der Waals surface area contributed by atoms with Gasteiger partial charge in [-0.05, 0) is 24.3 Å². The Labute approximate surface area is 85.5 Å². The van der Waals surface area contributed by atoms with Crippen LogP contribution in [0.5, 0.6) is 0 Å². The molecule has 0 saturated carbocycles. The van der Waals surface area contributed by atoms with E-state index in [9.17, 15) is 0 Å². The molecule has 12 heavy (non-hydrogen) atoms. The van der Waals surface area contributed by atoms with E-state index in [1.165, 1.54) is 29.4 Å². The van der Waals surface area contributed by atoms with Crippen molar-refractivity contribution in [3.05, 3.63) is 15.5 Å². The van der Waals surface area contributed by atoms with Crippen molar-refractivity contribution in [3.8, 4) is 0 Å². The highest BCUT2D eigenvalue weighted by Gasteiger charge is 2.18. The van der Waals surface area contributed by atoms with Gasteiger partial charge in [0.1, 0.15) is 4.34 Å². The average molecular weight is 220 g/mol. The maximum Gasteiger partial charge on any atom is 0.113 e. The second-order valence-corrected chi connectivity index (χ2v) is 5.81. The van der Waals surface area contributed by atoms with Gasteiger partial charge in [-0.1, -0.05) is 11.6 Å². The maximum absolute atomic E-state index is 5.83. The summed E-state index contributed by atoms with van der Waals surface area (Å²) in [6, 6.07) is 0. The molecule has 0 atom stereocenters. The summed E-state index contributed by atoms with van der Waals surface area (Å²) in [7, 11) is 0. The molecule has 0 N–H and O–H groups in total.